The quantitative estimate of drug-likeness (QED) is 0.418. The molecule has 2 aromatic heterocycles. The molecule has 0 unspecified atom stereocenters. The number of thiophene rings is 1. The molecule has 0 bridgehead atoms. The van der Waals surface area contributed by atoms with Gasteiger partial charge in [-0.1, -0.05) is 35.4 Å². The number of nitrogens with zero attached hydrogens (tertiary/aromatic N) is 2. The van der Waals surface area contributed by atoms with Gasteiger partial charge >= 0.3 is 5.69 Å². The van der Waals surface area contributed by atoms with Gasteiger partial charge in [0.2, 0.25) is 0 Å². The molecule has 6 heteroatoms. The topological polar surface area (TPSA) is 44.0 Å². The molecule has 0 radical (unpaired) electrons. The molecular formula is C25H23ClN2O2S. The zero-order chi connectivity index (χ0) is 21.7. The molecular weight excluding hydrogens is 428 g/mol. The summed E-state index contributed by atoms with van der Waals surface area (Å²) >= 11 is 7.67. The van der Waals surface area contributed by atoms with Gasteiger partial charge in [0.15, 0.2) is 0 Å². The number of hydrogen-bond acceptors (Lipinski definition) is 3. The van der Waals surface area contributed by atoms with Crippen molar-refractivity contribution >= 4 is 33.2 Å². The number of benzene rings is 2. The summed E-state index contributed by atoms with van der Waals surface area (Å²) in [6.45, 7) is 4.57. The maximum atomic E-state index is 13.7. The van der Waals surface area contributed by atoms with Crippen molar-refractivity contribution in [3.05, 3.63) is 95.5 Å². The maximum absolute atomic E-state index is 13.7. The summed E-state index contributed by atoms with van der Waals surface area (Å²) in [5.41, 5.74) is 4.57. The average Bonchev–Trinajstić information content (AvgIpc) is 3.13. The Labute approximate surface area is 189 Å². The van der Waals surface area contributed by atoms with Gasteiger partial charge in [0.05, 0.1) is 17.6 Å². The van der Waals surface area contributed by atoms with Crippen molar-refractivity contribution in [1.82, 2.24) is 9.13 Å². The molecule has 0 saturated carbocycles. The Bertz CT molecular complexity index is 1430. The summed E-state index contributed by atoms with van der Waals surface area (Å²) in [7, 11) is 0. The zero-order valence-electron chi connectivity index (χ0n) is 17.6. The molecule has 4 aromatic rings. The van der Waals surface area contributed by atoms with Crippen molar-refractivity contribution in [2.45, 2.75) is 46.1 Å². The molecule has 5 rings (SSSR count). The van der Waals surface area contributed by atoms with Crippen LogP contribution in [0.15, 0.2) is 52.1 Å². The fourth-order valence-electron chi connectivity index (χ4n) is 4.52. The van der Waals surface area contributed by atoms with E-state index >= 15 is 0 Å². The van der Waals surface area contributed by atoms with Crippen molar-refractivity contribution in [2.75, 3.05) is 0 Å². The van der Waals surface area contributed by atoms with E-state index in [9.17, 15) is 9.59 Å². The van der Waals surface area contributed by atoms with E-state index in [4.69, 9.17) is 11.6 Å². The van der Waals surface area contributed by atoms with E-state index in [1.807, 2.05) is 0 Å². The molecule has 0 fully saturated rings. The highest BCUT2D eigenvalue weighted by Gasteiger charge is 2.24. The lowest BCUT2D eigenvalue weighted by molar-refractivity contribution is 0.695. The van der Waals surface area contributed by atoms with Crippen LogP contribution in [0.2, 0.25) is 5.02 Å². The predicted octanol–water partition coefficient (Wildman–Crippen LogP) is 5.41. The van der Waals surface area contributed by atoms with E-state index in [1.54, 1.807) is 40.2 Å². The fraction of sp³-hybridized carbons (Fsp3) is 0.280. The Morgan fingerprint density at radius 1 is 1.00 bits per heavy atom. The lowest BCUT2D eigenvalue weighted by atomic mass is 9.97. The van der Waals surface area contributed by atoms with Gasteiger partial charge in [0.25, 0.3) is 5.56 Å². The molecule has 0 N–H and O–H groups in total. The van der Waals surface area contributed by atoms with Crippen LogP contribution >= 0.6 is 22.9 Å². The zero-order valence-corrected chi connectivity index (χ0v) is 19.1. The number of halogens is 1. The first-order chi connectivity index (χ1) is 14.9. The number of rotatable bonds is 3. The van der Waals surface area contributed by atoms with Gasteiger partial charge in [-0.15, -0.1) is 11.3 Å². The molecule has 0 spiro atoms. The molecule has 31 heavy (non-hydrogen) atoms. The molecule has 2 heterocycles. The van der Waals surface area contributed by atoms with Crippen LogP contribution in [-0.4, -0.2) is 9.13 Å². The van der Waals surface area contributed by atoms with E-state index in [1.165, 1.54) is 15.0 Å². The third kappa shape index (κ3) is 3.46. The van der Waals surface area contributed by atoms with E-state index in [0.717, 1.165) is 47.2 Å². The second-order valence-corrected chi connectivity index (χ2v) is 9.83. The summed E-state index contributed by atoms with van der Waals surface area (Å²) in [6, 6.07) is 13.2. The van der Waals surface area contributed by atoms with Gasteiger partial charge in [0.1, 0.15) is 4.83 Å². The molecule has 2 aromatic carbocycles. The molecule has 0 atom stereocenters. The molecule has 1 aliphatic rings. The van der Waals surface area contributed by atoms with Gasteiger partial charge < -0.3 is 0 Å². The average molecular weight is 451 g/mol. The molecule has 1 aliphatic carbocycles. The van der Waals surface area contributed by atoms with Crippen LogP contribution in [0.3, 0.4) is 0 Å². The first-order valence-corrected chi connectivity index (χ1v) is 11.8. The Kier molecular flexibility index (Phi) is 5.11. The summed E-state index contributed by atoms with van der Waals surface area (Å²) < 4.78 is 3.09. The summed E-state index contributed by atoms with van der Waals surface area (Å²) in [5, 5.41) is 1.28. The SMILES string of the molecule is Cc1ccc(Cn2c(=O)n(-c3ccc(Cl)cc3)c(=O)c3c4c(sc32)CCCC4)c(C)c1. The van der Waals surface area contributed by atoms with Gasteiger partial charge in [-0.25, -0.2) is 9.36 Å². The Morgan fingerprint density at radius 2 is 1.74 bits per heavy atom. The van der Waals surface area contributed by atoms with Crippen LogP contribution in [0, 0.1) is 13.8 Å². The van der Waals surface area contributed by atoms with Crippen molar-refractivity contribution in [2.24, 2.45) is 0 Å². The Hall–Kier alpha value is -2.63. The maximum Gasteiger partial charge on any atom is 0.337 e. The summed E-state index contributed by atoms with van der Waals surface area (Å²) in [5.74, 6) is 0. The minimum absolute atomic E-state index is 0.224. The Balaban J connectivity index is 1.82. The van der Waals surface area contributed by atoms with Crippen molar-refractivity contribution in [3.8, 4) is 5.69 Å². The minimum Gasteiger partial charge on any atom is -0.279 e. The molecule has 158 valence electrons. The van der Waals surface area contributed by atoms with E-state index in [-0.39, 0.29) is 11.2 Å². The first kappa shape index (κ1) is 20.3. The largest absolute Gasteiger partial charge is 0.337 e. The van der Waals surface area contributed by atoms with Gasteiger partial charge in [-0.2, -0.15) is 0 Å². The number of aryl methyl sites for hydroxylation is 4. The third-order valence-electron chi connectivity index (χ3n) is 6.15. The van der Waals surface area contributed by atoms with Crippen LogP contribution in [0.25, 0.3) is 15.9 Å². The third-order valence-corrected chi connectivity index (χ3v) is 7.72. The van der Waals surface area contributed by atoms with Gasteiger partial charge in [-0.3, -0.25) is 9.36 Å². The molecule has 4 nitrogen and oxygen atoms in total. The second-order valence-electron chi connectivity index (χ2n) is 8.31. The predicted molar refractivity (Wildman–Crippen MR) is 128 cm³/mol. The lowest BCUT2D eigenvalue weighted by Gasteiger charge is -2.15. The minimum atomic E-state index is -0.307. The van der Waals surface area contributed by atoms with Crippen LogP contribution in [0.5, 0.6) is 0 Å². The first-order valence-electron chi connectivity index (χ1n) is 10.6. The highest BCUT2D eigenvalue weighted by molar-refractivity contribution is 7.18. The highest BCUT2D eigenvalue weighted by Crippen LogP contribution is 2.34. The van der Waals surface area contributed by atoms with Gasteiger partial charge in [-0.05, 0) is 80.5 Å². The van der Waals surface area contributed by atoms with Crippen LogP contribution in [-0.2, 0) is 19.4 Å². The van der Waals surface area contributed by atoms with E-state index in [0.29, 0.717) is 22.6 Å². The van der Waals surface area contributed by atoms with Crippen LogP contribution in [0.1, 0.15) is 40.0 Å². The van der Waals surface area contributed by atoms with Crippen molar-refractivity contribution < 1.29 is 0 Å². The van der Waals surface area contributed by atoms with Crippen molar-refractivity contribution in [3.63, 3.8) is 0 Å². The summed E-state index contributed by atoms with van der Waals surface area (Å²) in [6.07, 6.45) is 4.09. The lowest BCUT2D eigenvalue weighted by Crippen LogP contribution is -2.39. The van der Waals surface area contributed by atoms with Crippen LogP contribution < -0.4 is 11.2 Å². The van der Waals surface area contributed by atoms with E-state index in [2.05, 4.69) is 32.0 Å². The summed E-state index contributed by atoms with van der Waals surface area (Å²) in [4.78, 5) is 29.3. The highest BCUT2D eigenvalue weighted by atomic mass is 35.5. The number of hydrogen-bond donors (Lipinski definition) is 0. The van der Waals surface area contributed by atoms with E-state index < -0.39 is 0 Å². The Morgan fingerprint density at radius 3 is 2.48 bits per heavy atom. The number of aromatic nitrogens is 2. The van der Waals surface area contributed by atoms with Crippen LogP contribution in [0.4, 0.5) is 0 Å². The molecule has 0 amide bonds. The smallest absolute Gasteiger partial charge is 0.279 e. The van der Waals surface area contributed by atoms with Crippen molar-refractivity contribution in [1.29, 1.82) is 0 Å². The normalized spacial score (nSPS) is 13.5. The standard InChI is InChI=1S/C25H23ClN2O2S/c1-15-7-8-17(16(2)13-15)14-27-24-22(20-5-3-4-6-21(20)31-24)23(29)28(25(27)30)19-11-9-18(26)10-12-19/h7-13H,3-6,14H2,1-2H3. The molecule has 0 aliphatic heterocycles. The number of fused-ring (bicyclic) bond motifs is 3. The monoisotopic (exact) mass is 450 g/mol. The fourth-order valence-corrected chi connectivity index (χ4v) is 6.02. The second kappa shape index (κ2) is 7.81. The molecule has 0 saturated heterocycles. The van der Waals surface area contributed by atoms with Gasteiger partial charge in [0, 0.05) is 9.90 Å².